The van der Waals surface area contributed by atoms with Crippen LogP contribution in [0.15, 0.2) is 30.3 Å². The highest BCUT2D eigenvalue weighted by molar-refractivity contribution is 6.08. The van der Waals surface area contributed by atoms with Crippen molar-refractivity contribution in [1.82, 2.24) is 4.98 Å². The fourth-order valence-electron chi connectivity index (χ4n) is 4.27. The Kier molecular flexibility index (Phi) is 5.71. The number of halogens is 1. The molecule has 1 aliphatic rings. The maximum Gasteiger partial charge on any atom is 0.340 e. The molecule has 1 aromatic heterocycles. The Labute approximate surface area is 189 Å². The highest BCUT2D eigenvalue weighted by Crippen LogP contribution is 2.47. The van der Waals surface area contributed by atoms with Crippen molar-refractivity contribution < 1.29 is 32.9 Å². The molecule has 1 aliphatic heterocycles. The van der Waals surface area contributed by atoms with Crippen LogP contribution in [0.2, 0.25) is 0 Å². The van der Waals surface area contributed by atoms with Crippen molar-refractivity contribution in [3.05, 3.63) is 58.5 Å². The van der Waals surface area contributed by atoms with Crippen molar-refractivity contribution in [3.63, 3.8) is 0 Å². The molecule has 9 heteroatoms. The number of rotatable bonds is 6. The lowest BCUT2D eigenvalue weighted by molar-refractivity contribution is -0.116. The average Bonchev–Trinajstić information content (AvgIpc) is 3.32. The summed E-state index contributed by atoms with van der Waals surface area (Å²) in [4.78, 5) is 29.0. The molecule has 3 aromatic rings. The number of nitrogens with one attached hydrogen (secondary N) is 2. The molecular weight excluding hydrogens is 431 g/mol. The van der Waals surface area contributed by atoms with Crippen molar-refractivity contribution in [2.75, 3.05) is 33.8 Å². The quantitative estimate of drug-likeness (QED) is 0.546. The van der Waals surface area contributed by atoms with E-state index in [4.69, 9.17) is 18.9 Å². The van der Waals surface area contributed by atoms with Crippen molar-refractivity contribution in [3.8, 4) is 28.5 Å². The molecule has 2 N–H and O–H groups in total. The third-order valence-electron chi connectivity index (χ3n) is 5.70. The van der Waals surface area contributed by atoms with E-state index in [0.717, 1.165) is 0 Å². The van der Waals surface area contributed by atoms with Gasteiger partial charge in [0, 0.05) is 22.5 Å². The van der Waals surface area contributed by atoms with Gasteiger partial charge in [-0.2, -0.15) is 0 Å². The van der Waals surface area contributed by atoms with Gasteiger partial charge >= 0.3 is 5.97 Å². The van der Waals surface area contributed by atoms with Gasteiger partial charge in [-0.1, -0.05) is 0 Å². The summed E-state index contributed by atoms with van der Waals surface area (Å²) in [6, 6.07) is 7.47. The number of fused-ring (bicyclic) bond motifs is 1. The number of anilines is 1. The van der Waals surface area contributed by atoms with Crippen molar-refractivity contribution in [2.24, 2.45) is 0 Å². The number of esters is 1. The van der Waals surface area contributed by atoms with Crippen LogP contribution in [-0.4, -0.2) is 45.3 Å². The second-order valence-electron chi connectivity index (χ2n) is 7.47. The first kappa shape index (κ1) is 22.2. The number of aromatic nitrogens is 1. The zero-order valence-corrected chi connectivity index (χ0v) is 18.8. The minimum atomic E-state index is -0.941. The van der Waals surface area contributed by atoms with E-state index in [2.05, 4.69) is 10.3 Å². The maximum absolute atomic E-state index is 14.1. The summed E-state index contributed by atoms with van der Waals surface area (Å²) in [6.07, 6.45) is 0. The number of amides is 1. The van der Waals surface area contributed by atoms with Gasteiger partial charge < -0.3 is 29.2 Å². The van der Waals surface area contributed by atoms with Crippen LogP contribution in [0.3, 0.4) is 0 Å². The van der Waals surface area contributed by atoms with E-state index >= 15 is 0 Å². The van der Waals surface area contributed by atoms with Crippen molar-refractivity contribution in [2.45, 2.75) is 12.8 Å². The molecule has 1 atom stereocenters. The molecule has 1 amide bonds. The molecule has 0 radical (unpaired) electrons. The van der Waals surface area contributed by atoms with E-state index in [1.54, 1.807) is 19.1 Å². The monoisotopic (exact) mass is 454 g/mol. The molecule has 8 nitrogen and oxygen atoms in total. The number of hydrogen-bond donors (Lipinski definition) is 2. The predicted octanol–water partition coefficient (Wildman–Crippen LogP) is 4.03. The number of benzene rings is 2. The molecule has 2 heterocycles. The number of ether oxygens (including phenoxy) is 4. The molecule has 0 saturated heterocycles. The van der Waals surface area contributed by atoms with Gasteiger partial charge in [-0.3, -0.25) is 4.79 Å². The van der Waals surface area contributed by atoms with Crippen LogP contribution in [0.5, 0.6) is 17.2 Å². The van der Waals surface area contributed by atoms with E-state index in [9.17, 15) is 14.0 Å². The van der Waals surface area contributed by atoms with E-state index in [1.807, 2.05) is 0 Å². The smallest absolute Gasteiger partial charge is 0.340 e. The van der Waals surface area contributed by atoms with Gasteiger partial charge in [0.15, 0.2) is 11.5 Å². The first-order valence-electron chi connectivity index (χ1n) is 10.1. The third-order valence-corrected chi connectivity index (χ3v) is 5.70. The van der Waals surface area contributed by atoms with Crippen LogP contribution >= 0.6 is 0 Å². The number of carbonyl (C=O) groups excluding carboxylic acids is 2. The summed E-state index contributed by atoms with van der Waals surface area (Å²) in [5, 5.41) is 2.77. The van der Waals surface area contributed by atoms with Gasteiger partial charge in [0.25, 0.3) is 0 Å². The zero-order valence-electron chi connectivity index (χ0n) is 18.8. The van der Waals surface area contributed by atoms with Gasteiger partial charge in [-0.15, -0.1) is 0 Å². The molecule has 0 spiro atoms. The van der Waals surface area contributed by atoms with Crippen LogP contribution in [0.1, 0.15) is 33.1 Å². The van der Waals surface area contributed by atoms with Gasteiger partial charge in [0.05, 0.1) is 45.6 Å². The lowest BCUT2D eigenvalue weighted by Crippen LogP contribution is -2.17. The number of methoxy groups -OCH3 is 4. The van der Waals surface area contributed by atoms with Gasteiger partial charge in [0.1, 0.15) is 5.82 Å². The molecule has 1 unspecified atom stereocenters. The predicted molar refractivity (Wildman–Crippen MR) is 119 cm³/mol. The number of hydrogen-bond acceptors (Lipinski definition) is 6. The maximum atomic E-state index is 14.1. The first-order valence-corrected chi connectivity index (χ1v) is 10.1. The van der Waals surface area contributed by atoms with Crippen molar-refractivity contribution >= 4 is 17.6 Å². The van der Waals surface area contributed by atoms with E-state index in [1.165, 1.54) is 46.6 Å². The summed E-state index contributed by atoms with van der Waals surface area (Å²) >= 11 is 0. The summed E-state index contributed by atoms with van der Waals surface area (Å²) < 4.78 is 35.5. The van der Waals surface area contributed by atoms with Crippen LogP contribution in [0.4, 0.5) is 10.1 Å². The fourth-order valence-corrected chi connectivity index (χ4v) is 4.27. The fraction of sp³-hybridized carbons (Fsp3) is 0.250. The zero-order chi connectivity index (χ0) is 23.9. The van der Waals surface area contributed by atoms with E-state index in [0.29, 0.717) is 51.0 Å². The Hall–Kier alpha value is -4.01. The number of aromatic amines is 1. The lowest BCUT2D eigenvalue weighted by atomic mass is 9.87. The Morgan fingerprint density at radius 2 is 1.67 bits per heavy atom. The first-order chi connectivity index (χ1) is 15.8. The Morgan fingerprint density at radius 1 is 1.00 bits per heavy atom. The molecule has 0 aliphatic carbocycles. The molecule has 2 aromatic carbocycles. The number of carbonyl (C=O) groups is 2. The van der Waals surface area contributed by atoms with Gasteiger partial charge in [0.2, 0.25) is 11.7 Å². The Morgan fingerprint density at radius 3 is 2.24 bits per heavy atom. The average molecular weight is 454 g/mol. The molecular formula is C24H23FN2O6. The Balaban J connectivity index is 2.03. The second kappa shape index (κ2) is 8.50. The molecule has 0 fully saturated rings. The highest BCUT2D eigenvalue weighted by Gasteiger charge is 2.39. The SMILES string of the molecule is COC(=O)c1c(C)[nH]c(-c2cc(OC)c(OC)c(OC)c2)c1C1C(=O)Nc2ccc(F)cc21. The van der Waals surface area contributed by atoms with Crippen LogP contribution in [-0.2, 0) is 9.53 Å². The third kappa shape index (κ3) is 3.55. The largest absolute Gasteiger partial charge is 0.493 e. The minimum absolute atomic E-state index is 0.207. The minimum Gasteiger partial charge on any atom is -0.493 e. The highest BCUT2D eigenvalue weighted by atomic mass is 19.1. The van der Waals surface area contributed by atoms with Gasteiger partial charge in [-0.25, -0.2) is 9.18 Å². The lowest BCUT2D eigenvalue weighted by Gasteiger charge is -2.16. The van der Waals surface area contributed by atoms with Crippen molar-refractivity contribution in [1.29, 1.82) is 0 Å². The topological polar surface area (TPSA) is 98.9 Å². The molecule has 4 rings (SSSR count). The van der Waals surface area contributed by atoms with E-state index < -0.39 is 17.7 Å². The number of H-pyrrole nitrogens is 1. The molecule has 172 valence electrons. The van der Waals surface area contributed by atoms with Crippen LogP contribution in [0, 0.1) is 12.7 Å². The Bertz CT molecular complexity index is 1240. The van der Waals surface area contributed by atoms with Crippen LogP contribution in [0.25, 0.3) is 11.3 Å². The number of aryl methyl sites for hydroxylation is 1. The summed E-state index contributed by atoms with van der Waals surface area (Å²) in [5.41, 5.74) is 3.04. The van der Waals surface area contributed by atoms with Gasteiger partial charge in [-0.05, 0) is 42.8 Å². The summed E-state index contributed by atoms with van der Waals surface area (Å²) in [7, 11) is 5.74. The summed E-state index contributed by atoms with van der Waals surface area (Å²) in [5.74, 6) is -1.24. The standard InChI is InChI=1S/C24H23FN2O6/c1-11-18(24(29)33-5)20(19-14-10-13(25)6-7-15(14)27-23(19)28)21(26-11)12-8-16(30-2)22(32-4)17(9-12)31-3/h6-10,19,26H,1-5H3,(H,27,28). The van der Waals surface area contributed by atoms with E-state index in [-0.39, 0.29) is 11.5 Å². The van der Waals surface area contributed by atoms with Crippen LogP contribution < -0.4 is 19.5 Å². The summed E-state index contributed by atoms with van der Waals surface area (Å²) in [6.45, 7) is 1.70. The molecule has 0 saturated carbocycles. The second-order valence-corrected chi connectivity index (χ2v) is 7.47. The molecule has 33 heavy (non-hydrogen) atoms. The normalized spacial score (nSPS) is 14.5. The molecule has 0 bridgehead atoms.